The van der Waals surface area contributed by atoms with Gasteiger partial charge in [-0.1, -0.05) is 44.7 Å². The van der Waals surface area contributed by atoms with E-state index >= 15 is 0 Å². The van der Waals surface area contributed by atoms with Gasteiger partial charge in [-0.05, 0) is 43.4 Å². The summed E-state index contributed by atoms with van der Waals surface area (Å²) in [5.41, 5.74) is 2.81. The van der Waals surface area contributed by atoms with Crippen LogP contribution in [-0.4, -0.2) is 29.2 Å². The van der Waals surface area contributed by atoms with Crippen LogP contribution >= 0.6 is 0 Å². The summed E-state index contributed by atoms with van der Waals surface area (Å²) >= 11 is 0. The molecule has 1 aromatic carbocycles. The predicted octanol–water partition coefficient (Wildman–Crippen LogP) is 4.24. The number of aromatic hydroxyl groups is 1. The van der Waals surface area contributed by atoms with E-state index in [1.165, 1.54) is 0 Å². The van der Waals surface area contributed by atoms with E-state index in [0.717, 1.165) is 24.0 Å². The topological polar surface area (TPSA) is 61.7 Å². The van der Waals surface area contributed by atoms with Gasteiger partial charge < -0.3 is 10.4 Å². The SMILES string of the molecule is C=C1CC=CC(=CN[C@@H](CC)C(CC)N=Cc2cccc(C)c2O)C1=O. The number of hydrogen-bond donors (Lipinski definition) is 2. The number of phenolic OH excluding ortho intramolecular Hbond substituents is 1. The minimum Gasteiger partial charge on any atom is -0.507 e. The second-order valence-corrected chi connectivity index (χ2v) is 6.59. The van der Waals surface area contributed by atoms with Crippen LogP contribution in [0.15, 0.2) is 59.3 Å². The molecule has 0 saturated heterocycles. The van der Waals surface area contributed by atoms with Crippen molar-refractivity contribution in [3.63, 3.8) is 0 Å². The number of aliphatic imine (C=N–C) groups is 1. The highest BCUT2D eigenvalue weighted by Gasteiger charge is 2.18. The molecule has 138 valence electrons. The van der Waals surface area contributed by atoms with Crippen molar-refractivity contribution in [2.24, 2.45) is 4.99 Å². The average Bonchev–Trinajstić information content (AvgIpc) is 2.64. The van der Waals surface area contributed by atoms with Gasteiger partial charge in [0.05, 0.1) is 6.04 Å². The molecule has 4 heteroatoms. The molecular formula is C22H28N2O2. The molecule has 0 radical (unpaired) electrons. The minimum atomic E-state index is -0.00362. The van der Waals surface area contributed by atoms with E-state index in [4.69, 9.17) is 0 Å². The number of hydrogen-bond acceptors (Lipinski definition) is 4. The summed E-state index contributed by atoms with van der Waals surface area (Å²) < 4.78 is 0. The Kier molecular flexibility index (Phi) is 6.96. The Morgan fingerprint density at radius 1 is 1.35 bits per heavy atom. The second-order valence-electron chi connectivity index (χ2n) is 6.59. The maximum Gasteiger partial charge on any atom is 0.190 e. The fraction of sp³-hybridized carbons (Fsp3) is 0.364. The van der Waals surface area contributed by atoms with Crippen molar-refractivity contribution in [1.29, 1.82) is 0 Å². The normalized spacial score (nSPS) is 18.5. The highest BCUT2D eigenvalue weighted by molar-refractivity contribution is 6.10. The van der Waals surface area contributed by atoms with Gasteiger partial charge in [0.1, 0.15) is 5.75 Å². The van der Waals surface area contributed by atoms with Gasteiger partial charge in [-0.15, -0.1) is 0 Å². The van der Waals surface area contributed by atoms with Crippen molar-refractivity contribution in [2.75, 3.05) is 0 Å². The molecule has 0 aromatic heterocycles. The van der Waals surface area contributed by atoms with Crippen molar-refractivity contribution in [2.45, 2.75) is 52.1 Å². The summed E-state index contributed by atoms with van der Waals surface area (Å²) in [6, 6.07) is 5.78. The third kappa shape index (κ3) is 4.72. The zero-order valence-electron chi connectivity index (χ0n) is 15.8. The molecule has 0 aliphatic heterocycles. The maximum absolute atomic E-state index is 12.1. The first-order valence-corrected chi connectivity index (χ1v) is 9.14. The first-order chi connectivity index (χ1) is 12.5. The van der Waals surface area contributed by atoms with Gasteiger partial charge in [0, 0.05) is 29.6 Å². The zero-order chi connectivity index (χ0) is 19.1. The fourth-order valence-electron chi connectivity index (χ4n) is 2.97. The number of ketones is 1. The Morgan fingerprint density at radius 3 is 2.81 bits per heavy atom. The Labute approximate surface area is 156 Å². The van der Waals surface area contributed by atoms with E-state index in [0.29, 0.717) is 17.6 Å². The number of para-hydroxylation sites is 1. The number of carbonyl (C=O) groups excluding carboxylic acids is 1. The molecule has 0 saturated carbocycles. The largest absolute Gasteiger partial charge is 0.507 e. The predicted molar refractivity (Wildman–Crippen MR) is 108 cm³/mol. The molecule has 0 amide bonds. The lowest BCUT2D eigenvalue weighted by Gasteiger charge is -2.23. The quantitative estimate of drug-likeness (QED) is 0.570. The number of benzene rings is 1. The smallest absolute Gasteiger partial charge is 0.190 e. The standard InChI is InChI=1S/C22H28N2O2/c1-5-19(23-13-17-11-7-9-15(3)21(17)25)20(6-2)24-14-18-12-8-10-16(4)22(18)26/h7-8,10-14,19-20,23,26H,3,5-6,9H2,1-2,4H3/t19-,20?/m0/s1. The fourth-order valence-corrected chi connectivity index (χ4v) is 2.97. The molecule has 1 aliphatic rings. The van der Waals surface area contributed by atoms with E-state index in [9.17, 15) is 9.90 Å². The second kappa shape index (κ2) is 9.18. The summed E-state index contributed by atoms with van der Waals surface area (Å²) in [7, 11) is 0. The lowest BCUT2D eigenvalue weighted by Crippen LogP contribution is -2.35. The summed E-state index contributed by atoms with van der Waals surface area (Å²) in [5.74, 6) is 0.266. The molecule has 0 heterocycles. The molecular weight excluding hydrogens is 324 g/mol. The molecule has 0 bridgehead atoms. The van der Waals surface area contributed by atoms with Gasteiger partial charge in [-0.2, -0.15) is 0 Å². The van der Waals surface area contributed by atoms with E-state index in [1.807, 2.05) is 37.3 Å². The van der Waals surface area contributed by atoms with Crippen LogP contribution in [0.3, 0.4) is 0 Å². The van der Waals surface area contributed by atoms with Gasteiger partial charge in [0.2, 0.25) is 0 Å². The number of rotatable bonds is 7. The summed E-state index contributed by atoms with van der Waals surface area (Å²) in [4.78, 5) is 16.8. The van der Waals surface area contributed by atoms with Crippen LogP contribution in [0.4, 0.5) is 0 Å². The summed E-state index contributed by atoms with van der Waals surface area (Å²) in [6.07, 6.45) is 9.66. The van der Waals surface area contributed by atoms with Gasteiger partial charge in [0.15, 0.2) is 5.78 Å². The van der Waals surface area contributed by atoms with Gasteiger partial charge in [-0.3, -0.25) is 9.79 Å². The molecule has 2 atom stereocenters. The minimum absolute atomic E-state index is 0.00362. The Morgan fingerprint density at radius 2 is 2.12 bits per heavy atom. The number of aryl methyl sites for hydroxylation is 1. The summed E-state index contributed by atoms with van der Waals surface area (Å²) in [6.45, 7) is 9.86. The summed E-state index contributed by atoms with van der Waals surface area (Å²) in [5, 5.41) is 13.5. The van der Waals surface area contributed by atoms with E-state index in [-0.39, 0.29) is 23.6 Å². The van der Waals surface area contributed by atoms with Crippen LogP contribution in [0.1, 0.15) is 44.2 Å². The van der Waals surface area contributed by atoms with Gasteiger partial charge >= 0.3 is 0 Å². The number of phenols is 1. The van der Waals surface area contributed by atoms with Crippen LogP contribution in [0.2, 0.25) is 0 Å². The highest BCUT2D eigenvalue weighted by atomic mass is 16.3. The third-order valence-electron chi connectivity index (χ3n) is 4.69. The molecule has 1 aromatic rings. The Balaban J connectivity index is 2.13. The average molecular weight is 352 g/mol. The number of allylic oxidation sites excluding steroid dienone is 4. The van der Waals surface area contributed by atoms with Crippen LogP contribution in [0, 0.1) is 6.92 Å². The number of Topliss-reactive ketones (excluding diaryl/α,β-unsaturated/α-hetero) is 1. The number of carbonyl (C=O) groups is 1. The van der Waals surface area contributed by atoms with Crippen molar-refractivity contribution in [1.82, 2.24) is 5.32 Å². The molecule has 4 nitrogen and oxygen atoms in total. The molecule has 0 spiro atoms. The number of nitrogens with one attached hydrogen (secondary N) is 1. The molecule has 2 N–H and O–H groups in total. The van der Waals surface area contributed by atoms with Crippen molar-refractivity contribution in [3.8, 4) is 5.75 Å². The molecule has 2 rings (SSSR count). The lowest BCUT2D eigenvalue weighted by atomic mass is 9.96. The molecule has 1 aliphatic carbocycles. The van der Waals surface area contributed by atoms with Gasteiger partial charge in [-0.25, -0.2) is 0 Å². The van der Waals surface area contributed by atoms with E-state index < -0.39 is 0 Å². The monoisotopic (exact) mass is 352 g/mol. The molecule has 1 unspecified atom stereocenters. The first-order valence-electron chi connectivity index (χ1n) is 9.14. The lowest BCUT2D eigenvalue weighted by molar-refractivity contribution is -0.112. The zero-order valence-corrected chi connectivity index (χ0v) is 15.8. The molecule has 0 fully saturated rings. The maximum atomic E-state index is 12.1. The third-order valence-corrected chi connectivity index (χ3v) is 4.69. The molecule has 26 heavy (non-hydrogen) atoms. The number of nitrogens with zero attached hydrogens (tertiary/aromatic N) is 1. The van der Waals surface area contributed by atoms with E-state index in [1.54, 1.807) is 12.4 Å². The first kappa shape index (κ1) is 19.7. The Bertz CT molecular complexity index is 759. The van der Waals surface area contributed by atoms with Crippen molar-refractivity contribution in [3.05, 3.63) is 65.4 Å². The van der Waals surface area contributed by atoms with Crippen LogP contribution in [-0.2, 0) is 4.79 Å². The Hall–Kier alpha value is -2.62. The van der Waals surface area contributed by atoms with Crippen molar-refractivity contribution < 1.29 is 9.90 Å². The van der Waals surface area contributed by atoms with Crippen LogP contribution < -0.4 is 5.32 Å². The van der Waals surface area contributed by atoms with Crippen molar-refractivity contribution >= 4 is 12.0 Å². The van der Waals surface area contributed by atoms with Crippen LogP contribution in [0.25, 0.3) is 0 Å². The van der Waals surface area contributed by atoms with Gasteiger partial charge in [0.25, 0.3) is 0 Å². The van der Waals surface area contributed by atoms with Crippen LogP contribution in [0.5, 0.6) is 5.75 Å². The highest BCUT2D eigenvalue weighted by Crippen LogP contribution is 2.20. The van der Waals surface area contributed by atoms with E-state index in [2.05, 4.69) is 30.7 Å².